The Bertz CT molecular complexity index is 653. The minimum absolute atomic E-state index is 0.0251. The number of ether oxygens (including phenoxy) is 1. The number of unbranched alkanes of at least 4 members (excludes halogenated alkanes) is 1. The number of nitrogens with one attached hydrogen (secondary N) is 1. The zero-order chi connectivity index (χ0) is 15.4. The van der Waals surface area contributed by atoms with Crippen molar-refractivity contribution in [2.75, 3.05) is 13.2 Å². The highest BCUT2D eigenvalue weighted by atomic mass is 16.5. The molecule has 1 heterocycles. The summed E-state index contributed by atoms with van der Waals surface area (Å²) in [5.74, 6) is 0.828. The number of carbonyl (C=O) groups excluding carboxylic acids is 1. The lowest BCUT2D eigenvalue weighted by atomic mass is 9.75. The maximum atomic E-state index is 13.0. The van der Waals surface area contributed by atoms with Crippen molar-refractivity contribution >= 4 is 5.91 Å². The Morgan fingerprint density at radius 3 is 2.64 bits per heavy atom. The van der Waals surface area contributed by atoms with Crippen LogP contribution in [0.15, 0.2) is 54.6 Å². The van der Waals surface area contributed by atoms with E-state index in [1.54, 1.807) is 0 Å². The van der Waals surface area contributed by atoms with E-state index in [1.165, 1.54) is 0 Å². The maximum absolute atomic E-state index is 13.0. The fraction of sp³-hybridized carbons (Fsp3) is 0.316. The first-order chi connectivity index (χ1) is 10.8. The molecule has 0 fully saturated rings. The highest BCUT2D eigenvalue weighted by molar-refractivity contribution is 5.94. The van der Waals surface area contributed by atoms with Gasteiger partial charge in [0.1, 0.15) is 17.8 Å². The summed E-state index contributed by atoms with van der Waals surface area (Å²) in [4.78, 5) is 13.0. The Labute approximate surface area is 131 Å². The van der Waals surface area contributed by atoms with Gasteiger partial charge < -0.3 is 10.1 Å². The van der Waals surface area contributed by atoms with Crippen molar-refractivity contribution < 1.29 is 9.53 Å². The first-order valence-electron chi connectivity index (χ1n) is 7.85. The van der Waals surface area contributed by atoms with Crippen molar-refractivity contribution in [3.63, 3.8) is 0 Å². The average Bonchev–Trinajstić information content (AvgIpc) is 2.96. The van der Waals surface area contributed by atoms with E-state index in [1.807, 2.05) is 54.6 Å². The predicted octanol–water partition coefficient (Wildman–Crippen LogP) is 3.28. The molecular formula is C19H21NO2. The molecule has 0 bridgehead atoms. The van der Waals surface area contributed by atoms with E-state index in [-0.39, 0.29) is 5.91 Å². The molecule has 22 heavy (non-hydrogen) atoms. The molecule has 1 aliphatic rings. The van der Waals surface area contributed by atoms with Crippen molar-refractivity contribution in [2.45, 2.75) is 25.2 Å². The van der Waals surface area contributed by atoms with Crippen molar-refractivity contribution in [3.8, 4) is 5.75 Å². The monoisotopic (exact) mass is 295 g/mol. The van der Waals surface area contributed by atoms with Crippen LogP contribution in [0.1, 0.15) is 30.9 Å². The van der Waals surface area contributed by atoms with Crippen LogP contribution in [-0.4, -0.2) is 19.1 Å². The summed E-state index contributed by atoms with van der Waals surface area (Å²) in [6.45, 7) is 3.17. The van der Waals surface area contributed by atoms with Gasteiger partial charge in [-0.2, -0.15) is 0 Å². The summed E-state index contributed by atoms with van der Waals surface area (Å²) in [6, 6.07) is 17.7. The number of hydrogen-bond acceptors (Lipinski definition) is 2. The van der Waals surface area contributed by atoms with E-state index in [0.717, 1.165) is 29.7 Å². The van der Waals surface area contributed by atoms with Gasteiger partial charge in [0.25, 0.3) is 0 Å². The summed E-state index contributed by atoms with van der Waals surface area (Å²) in [6.07, 6.45) is 2.05. The third kappa shape index (κ3) is 2.37. The number of benzene rings is 2. The molecule has 114 valence electrons. The molecule has 1 N–H and O–H groups in total. The van der Waals surface area contributed by atoms with Gasteiger partial charge in [0.05, 0.1) is 0 Å². The van der Waals surface area contributed by atoms with E-state index in [2.05, 4.69) is 12.2 Å². The molecule has 3 rings (SSSR count). The molecule has 0 saturated carbocycles. The first kappa shape index (κ1) is 14.6. The number of fused-ring (bicyclic) bond motifs is 1. The van der Waals surface area contributed by atoms with Gasteiger partial charge in [0.2, 0.25) is 5.91 Å². The van der Waals surface area contributed by atoms with Gasteiger partial charge in [-0.15, -0.1) is 0 Å². The molecule has 1 unspecified atom stereocenters. The number of rotatable bonds is 5. The van der Waals surface area contributed by atoms with Gasteiger partial charge in [-0.3, -0.25) is 4.79 Å². The number of para-hydroxylation sites is 1. The minimum atomic E-state index is -0.744. The summed E-state index contributed by atoms with van der Waals surface area (Å²) in [7, 11) is 0. The molecule has 1 atom stereocenters. The quantitative estimate of drug-likeness (QED) is 0.860. The molecule has 1 aliphatic heterocycles. The summed E-state index contributed by atoms with van der Waals surface area (Å²) >= 11 is 0. The van der Waals surface area contributed by atoms with Crippen LogP contribution in [0.3, 0.4) is 0 Å². The third-order valence-corrected chi connectivity index (χ3v) is 4.26. The van der Waals surface area contributed by atoms with Crippen LogP contribution in [-0.2, 0) is 10.2 Å². The highest BCUT2D eigenvalue weighted by Gasteiger charge is 2.48. The molecular weight excluding hydrogens is 274 g/mol. The standard InChI is InChI=1S/C19H21NO2/c1-2-3-13-20-18(21)19(15-9-5-4-6-10-15)14-22-17-12-8-7-11-16(17)19/h4-12H,2-3,13-14H2,1H3,(H,20,21). The average molecular weight is 295 g/mol. The van der Waals surface area contributed by atoms with Gasteiger partial charge >= 0.3 is 0 Å². The lowest BCUT2D eigenvalue weighted by Crippen LogP contribution is -2.47. The van der Waals surface area contributed by atoms with E-state index in [0.29, 0.717) is 13.2 Å². The lowest BCUT2D eigenvalue weighted by molar-refractivity contribution is -0.125. The molecule has 2 aromatic rings. The Balaban J connectivity index is 2.03. The fourth-order valence-corrected chi connectivity index (χ4v) is 3.02. The molecule has 0 aliphatic carbocycles. The van der Waals surface area contributed by atoms with Crippen molar-refractivity contribution in [3.05, 3.63) is 65.7 Å². The molecule has 0 radical (unpaired) electrons. The lowest BCUT2D eigenvalue weighted by Gasteiger charge is -2.27. The largest absolute Gasteiger partial charge is 0.491 e. The van der Waals surface area contributed by atoms with Gasteiger partial charge in [0, 0.05) is 12.1 Å². The molecule has 3 heteroatoms. The van der Waals surface area contributed by atoms with Crippen molar-refractivity contribution in [1.29, 1.82) is 0 Å². The zero-order valence-corrected chi connectivity index (χ0v) is 12.8. The summed E-state index contributed by atoms with van der Waals surface area (Å²) in [5, 5.41) is 3.09. The van der Waals surface area contributed by atoms with Crippen molar-refractivity contribution in [1.82, 2.24) is 5.32 Å². The van der Waals surface area contributed by atoms with Crippen LogP contribution in [0.25, 0.3) is 0 Å². The van der Waals surface area contributed by atoms with Crippen LogP contribution in [0, 0.1) is 0 Å². The van der Waals surface area contributed by atoms with E-state index >= 15 is 0 Å². The van der Waals surface area contributed by atoms with Gasteiger partial charge in [-0.1, -0.05) is 61.9 Å². The molecule has 3 nitrogen and oxygen atoms in total. The Morgan fingerprint density at radius 1 is 1.14 bits per heavy atom. The predicted molar refractivity (Wildman–Crippen MR) is 87.1 cm³/mol. The van der Waals surface area contributed by atoms with Crippen LogP contribution in [0.4, 0.5) is 0 Å². The van der Waals surface area contributed by atoms with Gasteiger partial charge in [0.15, 0.2) is 0 Å². The minimum Gasteiger partial charge on any atom is -0.491 e. The van der Waals surface area contributed by atoms with Crippen LogP contribution >= 0.6 is 0 Å². The zero-order valence-electron chi connectivity index (χ0n) is 12.8. The molecule has 2 aromatic carbocycles. The van der Waals surface area contributed by atoms with E-state index < -0.39 is 5.41 Å². The second kappa shape index (κ2) is 6.22. The first-order valence-corrected chi connectivity index (χ1v) is 7.85. The van der Waals surface area contributed by atoms with Crippen molar-refractivity contribution in [2.24, 2.45) is 0 Å². The Hall–Kier alpha value is -2.29. The van der Waals surface area contributed by atoms with E-state index in [4.69, 9.17) is 4.74 Å². The van der Waals surface area contributed by atoms with E-state index in [9.17, 15) is 4.79 Å². The van der Waals surface area contributed by atoms with Gasteiger partial charge in [-0.05, 0) is 18.1 Å². The summed E-state index contributed by atoms with van der Waals surface area (Å²) in [5.41, 5.74) is 1.19. The smallest absolute Gasteiger partial charge is 0.238 e. The molecule has 0 saturated heterocycles. The topological polar surface area (TPSA) is 38.3 Å². The fourth-order valence-electron chi connectivity index (χ4n) is 3.02. The van der Waals surface area contributed by atoms with Gasteiger partial charge in [-0.25, -0.2) is 0 Å². The molecule has 0 aromatic heterocycles. The Morgan fingerprint density at radius 2 is 1.86 bits per heavy atom. The number of carbonyl (C=O) groups is 1. The maximum Gasteiger partial charge on any atom is 0.238 e. The molecule has 0 spiro atoms. The number of amides is 1. The Kier molecular flexibility index (Phi) is 4.14. The van der Waals surface area contributed by atoms with Crippen LogP contribution in [0.5, 0.6) is 5.75 Å². The normalized spacial score (nSPS) is 19.3. The van der Waals surface area contributed by atoms with Crippen LogP contribution in [0.2, 0.25) is 0 Å². The summed E-state index contributed by atoms with van der Waals surface area (Å²) < 4.78 is 5.84. The second-order valence-electron chi connectivity index (χ2n) is 5.67. The van der Waals surface area contributed by atoms with Crippen LogP contribution < -0.4 is 10.1 Å². The number of hydrogen-bond donors (Lipinski definition) is 1. The molecule has 1 amide bonds. The third-order valence-electron chi connectivity index (χ3n) is 4.26. The highest BCUT2D eigenvalue weighted by Crippen LogP contribution is 2.43. The second-order valence-corrected chi connectivity index (χ2v) is 5.67. The SMILES string of the molecule is CCCCNC(=O)C1(c2ccccc2)COc2ccccc21.